The Morgan fingerprint density at radius 3 is 2.54 bits per heavy atom. The predicted molar refractivity (Wildman–Crippen MR) is 137 cm³/mol. The summed E-state index contributed by atoms with van der Waals surface area (Å²) in [5.74, 6) is -2.02. The van der Waals surface area contributed by atoms with E-state index in [4.69, 9.17) is 5.11 Å². The van der Waals surface area contributed by atoms with E-state index in [1.807, 2.05) is 0 Å². The third-order valence-electron chi connectivity index (χ3n) is 5.69. The second-order valence-corrected chi connectivity index (χ2v) is 9.76. The van der Waals surface area contributed by atoms with Crippen LogP contribution in [0.25, 0.3) is 0 Å². The molecule has 2 aromatic carbocycles. The molecule has 37 heavy (non-hydrogen) atoms. The number of alkyl halides is 3. The summed E-state index contributed by atoms with van der Waals surface area (Å²) in [7, 11) is 0. The number of aliphatic imine (C=N–C) groups is 1. The van der Waals surface area contributed by atoms with Crippen molar-refractivity contribution in [2.24, 2.45) is 4.99 Å². The van der Waals surface area contributed by atoms with E-state index in [-0.39, 0.29) is 34.4 Å². The van der Waals surface area contributed by atoms with E-state index in [0.717, 1.165) is 49.6 Å². The molecule has 0 aromatic heterocycles. The first-order valence-electron chi connectivity index (χ1n) is 12.0. The number of carboxylic acid groups (broad SMARTS) is 1. The van der Waals surface area contributed by atoms with Crippen molar-refractivity contribution < 1.29 is 32.7 Å². The molecule has 0 saturated carbocycles. The van der Waals surface area contributed by atoms with Crippen molar-refractivity contribution in [3.8, 4) is 0 Å². The van der Waals surface area contributed by atoms with Gasteiger partial charge in [0.25, 0.3) is 0 Å². The molecule has 1 saturated heterocycles. The van der Waals surface area contributed by atoms with Crippen LogP contribution >= 0.6 is 11.8 Å². The molecule has 1 fully saturated rings. The Kier molecular flexibility index (Phi) is 9.73. The Hall–Kier alpha value is -3.34. The van der Waals surface area contributed by atoms with Crippen LogP contribution in [0.2, 0.25) is 0 Å². The van der Waals surface area contributed by atoms with E-state index in [0.29, 0.717) is 13.0 Å². The van der Waals surface area contributed by atoms with Crippen molar-refractivity contribution in [3.63, 3.8) is 0 Å². The van der Waals surface area contributed by atoms with Crippen LogP contribution in [0.1, 0.15) is 61.4 Å². The number of carbonyl (C=O) groups excluding carboxylic acids is 2. The minimum absolute atomic E-state index is 0.00813. The molecule has 1 atom stereocenters. The zero-order valence-corrected chi connectivity index (χ0v) is 21.1. The fraction of sp³-hybridized carbons (Fsp3) is 0.385. The van der Waals surface area contributed by atoms with Gasteiger partial charge in [0.2, 0.25) is 11.8 Å². The van der Waals surface area contributed by atoms with Crippen molar-refractivity contribution in [3.05, 3.63) is 59.7 Å². The van der Waals surface area contributed by atoms with Gasteiger partial charge < -0.3 is 10.4 Å². The van der Waals surface area contributed by atoms with Crippen molar-refractivity contribution in [1.82, 2.24) is 4.90 Å². The summed E-state index contributed by atoms with van der Waals surface area (Å²) in [6.45, 7) is 2.44. The van der Waals surface area contributed by atoms with Gasteiger partial charge in [-0.05, 0) is 42.8 Å². The molecule has 0 spiro atoms. The number of amidine groups is 1. The molecule has 7 nitrogen and oxygen atoms in total. The molecule has 0 aliphatic carbocycles. The SMILES string of the molecule is CCCCCCCN1C(=O)CC(C(=O)Nc2cccc(C(=O)O)c2)SC1=Nc1cccc(C(F)(F)F)c1. The van der Waals surface area contributed by atoms with Crippen molar-refractivity contribution >= 4 is 46.1 Å². The standard InChI is InChI=1S/C26H28F3N3O4S/c1-2-3-4-5-6-13-32-22(33)16-21(23(34)30-19-11-7-9-17(14-19)24(35)36)37-25(32)31-20-12-8-10-18(15-20)26(27,28)29/h7-12,14-15,21H,2-6,13,16H2,1H3,(H,30,34)(H,35,36). The van der Waals surface area contributed by atoms with Crippen molar-refractivity contribution in [2.45, 2.75) is 56.9 Å². The highest BCUT2D eigenvalue weighted by Gasteiger charge is 2.36. The van der Waals surface area contributed by atoms with E-state index in [2.05, 4.69) is 17.2 Å². The number of carboxylic acids is 1. The number of nitrogens with zero attached hydrogens (tertiary/aromatic N) is 2. The van der Waals surface area contributed by atoms with Crippen LogP contribution < -0.4 is 5.32 Å². The normalized spacial score (nSPS) is 17.2. The lowest BCUT2D eigenvalue weighted by atomic mass is 10.1. The molecule has 2 amide bonds. The quantitative estimate of drug-likeness (QED) is 0.346. The maximum absolute atomic E-state index is 13.2. The monoisotopic (exact) mass is 535 g/mol. The number of halogens is 3. The van der Waals surface area contributed by atoms with Gasteiger partial charge in [-0.3, -0.25) is 14.5 Å². The number of hydrogen-bond acceptors (Lipinski definition) is 5. The molecule has 2 aromatic rings. The van der Waals surface area contributed by atoms with Crippen LogP contribution in [0.5, 0.6) is 0 Å². The minimum Gasteiger partial charge on any atom is -0.478 e. The smallest absolute Gasteiger partial charge is 0.416 e. The molecule has 1 heterocycles. The van der Waals surface area contributed by atoms with Gasteiger partial charge >= 0.3 is 12.1 Å². The number of nitrogens with one attached hydrogen (secondary N) is 1. The molecule has 2 N–H and O–H groups in total. The highest BCUT2D eigenvalue weighted by molar-refractivity contribution is 8.15. The number of benzene rings is 2. The molecule has 1 aliphatic rings. The number of rotatable bonds is 10. The zero-order chi connectivity index (χ0) is 27.0. The summed E-state index contributed by atoms with van der Waals surface area (Å²) in [5.41, 5.74) is -0.588. The molecule has 0 bridgehead atoms. The predicted octanol–water partition coefficient (Wildman–Crippen LogP) is 6.33. The first-order valence-corrected chi connectivity index (χ1v) is 12.8. The second kappa shape index (κ2) is 12.8. The molecule has 1 unspecified atom stereocenters. The lowest BCUT2D eigenvalue weighted by Crippen LogP contribution is -2.45. The molecule has 198 valence electrons. The van der Waals surface area contributed by atoms with Gasteiger partial charge in [0.15, 0.2) is 5.17 Å². The van der Waals surface area contributed by atoms with Crippen LogP contribution in [-0.2, 0) is 15.8 Å². The van der Waals surface area contributed by atoms with Gasteiger partial charge in [-0.25, -0.2) is 9.79 Å². The van der Waals surface area contributed by atoms with Gasteiger partial charge in [0.05, 0.1) is 16.8 Å². The Bertz CT molecular complexity index is 1170. The Morgan fingerprint density at radius 1 is 1.11 bits per heavy atom. The number of unbranched alkanes of at least 4 members (excludes halogenated alkanes) is 4. The third kappa shape index (κ3) is 8.08. The number of anilines is 1. The highest BCUT2D eigenvalue weighted by atomic mass is 32.2. The van der Waals surface area contributed by atoms with Gasteiger partial charge in [-0.1, -0.05) is 56.5 Å². The first-order chi connectivity index (χ1) is 17.6. The number of aromatic carboxylic acids is 1. The molecule has 11 heteroatoms. The second-order valence-electron chi connectivity index (χ2n) is 8.59. The Morgan fingerprint density at radius 2 is 1.84 bits per heavy atom. The number of carbonyl (C=O) groups is 3. The maximum Gasteiger partial charge on any atom is 0.416 e. The van der Waals surface area contributed by atoms with E-state index in [1.165, 1.54) is 41.3 Å². The van der Waals surface area contributed by atoms with Crippen molar-refractivity contribution in [1.29, 1.82) is 0 Å². The average Bonchev–Trinajstić information content (AvgIpc) is 2.85. The lowest BCUT2D eigenvalue weighted by molar-refractivity contribution is -0.137. The summed E-state index contributed by atoms with van der Waals surface area (Å²) in [6.07, 6.45) is 0.0668. The Labute approximate surface area is 217 Å². The minimum atomic E-state index is -4.54. The molecular weight excluding hydrogens is 507 g/mol. The third-order valence-corrected chi connectivity index (χ3v) is 6.88. The van der Waals surface area contributed by atoms with E-state index < -0.39 is 28.9 Å². The molecule has 3 rings (SSSR count). The Balaban J connectivity index is 1.83. The summed E-state index contributed by atoms with van der Waals surface area (Å²) in [5, 5.41) is 11.1. The first kappa shape index (κ1) is 28.2. The topological polar surface area (TPSA) is 99.1 Å². The maximum atomic E-state index is 13.2. The van der Waals surface area contributed by atoms with Crippen LogP contribution in [0.4, 0.5) is 24.5 Å². The largest absolute Gasteiger partial charge is 0.478 e. The fourth-order valence-corrected chi connectivity index (χ4v) is 4.87. The average molecular weight is 536 g/mol. The van der Waals surface area contributed by atoms with E-state index in [9.17, 15) is 27.6 Å². The van der Waals surface area contributed by atoms with Crippen LogP contribution in [0.3, 0.4) is 0 Å². The van der Waals surface area contributed by atoms with Crippen LogP contribution in [0.15, 0.2) is 53.5 Å². The van der Waals surface area contributed by atoms with Gasteiger partial charge in [0, 0.05) is 18.7 Å². The molecule has 0 radical (unpaired) electrons. The lowest BCUT2D eigenvalue weighted by Gasteiger charge is -2.32. The molecular formula is C26H28F3N3O4S. The van der Waals surface area contributed by atoms with E-state index in [1.54, 1.807) is 0 Å². The summed E-state index contributed by atoms with van der Waals surface area (Å²) >= 11 is 1.00. The van der Waals surface area contributed by atoms with Gasteiger partial charge in [-0.15, -0.1) is 0 Å². The summed E-state index contributed by atoms with van der Waals surface area (Å²) < 4.78 is 39.6. The summed E-state index contributed by atoms with van der Waals surface area (Å²) in [6, 6.07) is 10.2. The van der Waals surface area contributed by atoms with Crippen LogP contribution in [0, 0.1) is 0 Å². The highest BCUT2D eigenvalue weighted by Crippen LogP contribution is 2.34. The number of amides is 2. The van der Waals surface area contributed by atoms with Gasteiger partial charge in [-0.2, -0.15) is 13.2 Å². The van der Waals surface area contributed by atoms with Crippen LogP contribution in [-0.4, -0.2) is 44.8 Å². The van der Waals surface area contributed by atoms with E-state index >= 15 is 0 Å². The van der Waals surface area contributed by atoms with Gasteiger partial charge in [0.1, 0.15) is 5.25 Å². The fourth-order valence-electron chi connectivity index (χ4n) is 3.75. The van der Waals surface area contributed by atoms with Crippen molar-refractivity contribution in [2.75, 3.05) is 11.9 Å². The number of hydrogen-bond donors (Lipinski definition) is 2. The summed E-state index contributed by atoms with van der Waals surface area (Å²) in [4.78, 5) is 43.0. The molecule has 1 aliphatic heterocycles. The zero-order valence-electron chi connectivity index (χ0n) is 20.3. The number of thioether (sulfide) groups is 1.